The van der Waals surface area contributed by atoms with Crippen molar-refractivity contribution < 1.29 is 35.9 Å². The number of nitrogens with one attached hydrogen (secondary N) is 1. The zero-order valence-corrected chi connectivity index (χ0v) is 20.9. The average Bonchev–Trinajstić information content (AvgIpc) is 2.89. The summed E-state index contributed by atoms with van der Waals surface area (Å²) in [7, 11) is -3.81. The Hall–Kier alpha value is -4.07. The molecule has 1 aromatic heterocycles. The highest BCUT2D eigenvalue weighted by Gasteiger charge is 2.31. The van der Waals surface area contributed by atoms with E-state index in [9.17, 15) is 26.4 Å². The topological polar surface area (TPSA) is 114 Å². The van der Waals surface area contributed by atoms with Gasteiger partial charge < -0.3 is 19.3 Å². The van der Waals surface area contributed by atoms with Crippen LogP contribution >= 0.6 is 0 Å². The number of amides is 1. The number of hydrogen-bond acceptors (Lipinski definition) is 8. The summed E-state index contributed by atoms with van der Waals surface area (Å²) in [6.07, 6.45) is -2.96. The Morgan fingerprint density at radius 2 is 1.61 bits per heavy atom. The van der Waals surface area contributed by atoms with Crippen molar-refractivity contribution in [3.05, 3.63) is 67.1 Å². The summed E-state index contributed by atoms with van der Waals surface area (Å²) in [6, 6.07) is 12.7. The number of piperazine rings is 1. The molecular weight excluding hydrogens is 527 g/mol. The van der Waals surface area contributed by atoms with Gasteiger partial charge in [0.1, 0.15) is 23.6 Å². The molecule has 0 bridgehead atoms. The van der Waals surface area contributed by atoms with Gasteiger partial charge in [-0.05, 0) is 61.5 Å². The van der Waals surface area contributed by atoms with Crippen LogP contribution in [0.5, 0.6) is 11.5 Å². The Bertz CT molecular complexity index is 1330. The summed E-state index contributed by atoms with van der Waals surface area (Å²) in [6.45, 7) is 3.45. The quantitative estimate of drug-likeness (QED) is 0.454. The van der Waals surface area contributed by atoms with Crippen LogP contribution < -0.4 is 19.1 Å². The van der Waals surface area contributed by atoms with Crippen molar-refractivity contribution in [3.63, 3.8) is 0 Å². The van der Waals surface area contributed by atoms with Crippen molar-refractivity contribution in [3.8, 4) is 11.5 Å². The Labute approximate surface area is 217 Å². The molecule has 14 heteroatoms. The molecule has 1 unspecified atom stereocenters. The molecule has 1 N–H and O–H groups in total. The highest BCUT2D eigenvalue weighted by Crippen LogP contribution is 2.26. The van der Waals surface area contributed by atoms with Gasteiger partial charge in [0.15, 0.2) is 6.10 Å². The van der Waals surface area contributed by atoms with Crippen LogP contribution in [0.4, 0.5) is 24.7 Å². The van der Waals surface area contributed by atoms with Gasteiger partial charge in [-0.25, -0.2) is 18.4 Å². The van der Waals surface area contributed by atoms with E-state index in [0.29, 0.717) is 26.2 Å². The molecule has 202 valence electrons. The number of alkyl halides is 3. The number of nitrogens with zero attached hydrogens (tertiary/aromatic N) is 4. The van der Waals surface area contributed by atoms with Gasteiger partial charge in [0.2, 0.25) is 0 Å². The second-order valence-electron chi connectivity index (χ2n) is 8.29. The van der Waals surface area contributed by atoms with Gasteiger partial charge in [-0.2, -0.15) is 0 Å². The first-order valence-corrected chi connectivity index (χ1v) is 12.9. The lowest BCUT2D eigenvalue weighted by Gasteiger charge is -2.37. The molecule has 2 heterocycles. The molecule has 1 amide bonds. The fraction of sp³-hybridized carbons (Fsp3) is 0.292. The van der Waals surface area contributed by atoms with Gasteiger partial charge in [0.05, 0.1) is 4.90 Å². The number of aromatic nitrogens is 2. The third kappa shape index (κ3) is 7.03. The lowest BCUT2D eigenvalue weighted by molar-refractivity contribution is -0.274. The fourth-order valence-electron chi connectivity index (χ4n) is 3.80. The molecule has 0 radical (unpaired) electrons. The summed E-state index contributed by atoms with van der Waals surface area (Å²) >= 11 is 0. The van der Waals surface area contributed by atoms with Crippen LogP contribution in [0.1, 0.15) is 6.92 Å². The standard InChI is InChI=1S/C24H24F3N5O5S/c1-17(36-19-4-6-20(7-5-19)37-24(25,26)27)23(33)32-14-12-31(13-15-32)18-2-8-21(9-3-18)38(34,35)30-22-10-11-28-16-29-22/h2-11,16-17H,12-15H2,1H3,(H,28,29,30). The first-order chi connectivity index (χ1) is 18.0. The van der Waals surface area contributed by atoms with Gasteiger partial charge in [-0.1, -0.05) is 0 Å². The van der Waals surface area contributed by atoms with E-state index in [2.05, 4.69) is 19.4 Å². The monoisotopic (exact) mass is 551 g/mol. The number of carbonyl (C=O) groups is 1. The van der Waals surface area contributed by atoms with E-state index < -0.39 is 22.5 Å². The third-order valence-corrected chi connectivity index (χ3v) is 7.01. The Morgan fingerprint density at radius 1 is 0.974 bits per heavy atom. The van der Waals surface area contributed by atoms with Crippen LogP contribution in [0.15, 0.2) is 72.0 Å². The molecule has 0 spiro atoms. The SMILES string of the molecule is CC(Oc1ccc(OC(F)(F)F)cc1)C(=O)N1CCN(c2ccc(S(=O)(=O)Nc3ccncn3)cc2)CC1. The molecule has 1 aliphatic rings. The molecule has 1 aliphatic heterocycles. The van der Waals surface area contributed by atoms with Crippen molar-refractivity contribution in [1.29, 1.82) is 0 Å². The third-order valence-electron chi connectivity index (χ3n) is 5.64. The van der Waals surface area contributed by atoms with Crippen LogP contribution in [0, 0.1) is 0 Å². The van der Waals surface area contributed by atoms with E-state index in [0.717, 1.165) is 17.8 Å². The maximum absolute atomic E-state index is 12.8. The zero-order valence-electron chi connectivity index (χ0n) is 20.1. The molecule has 0 aliphatic carbocycles. The second kappa shape index (κ2) is 11.1. The number of benzene rings is 2. The summed E-state index contributed by atoms with van der Waals surface area (Å²) in [4.78, 5) is 24.2. The first-order valence-electron chi connectivity index (χ1n) is 11.5. The summed E-state index contributed by atoms with van der Waals surface area (Å²) < 4.78 is 73.9. The van der Waals surface area contributed by atoms with E-state index in [-0.39, 0.29) is 28.1 Å². The molecule has 1 saturated heterocycles. The van der Waals surface area contributed by atoms with Crippen LogP contribution in [0.25, 0.3) is 0 Å². The number of halogens is 3. The highest BCUT2D eigenvalue weighted by molar-refractivity contribution is 7.92. The minimum atomic E-state index is -4.79. The van der Waals surface area contributed by atoms with Crippen molar-refractivity contribution >= 4 is 27.4 Å². The highest BCUT2D eigenvalue weighted by atomic mass is 32.2. The van der Waals surface area contributed by atoms with Gasteiger partial charge in [0, 0.05) is 38.1 Å². The molecular formula is C24H24F3N5O5S. The van der Waals surface area contributed by atoms with Gasteiger partial charge in [-0.15, -0.1) is 13.2 Å². The molecule has 38 heavy (non-hydrogen) atoms. The van der Waals surface area contributed by atoms with E-state index in [1.54, 1.807) is 24.0 Å². The summed E-state index contributed by atoms with van der Waals surface area (Å²) in [5.41, 5.74) is 0.809. The molecule has 1 atom stereocenters. The predicted octanol–water partition coefficient (Wildman–Crippen LogP) is 3.29. The normalized spacial score (nSPS) is 15.1. The van der Waals surface area contributed by atoms with Crippen molar-refractivity contribution in [2.24, 2.45) is 0 Å². The maximum atomic E-state index is 12.8. The van der Waals surface area contributed by atoms with E-state index in [1.807, 2.05) is 4.90 Å². The number of sulfonamides is 1. The van der Waals surface area contributed by atoms with Crippen LogP contribution in [0.3, 0.4) is 0 Å². The second-order valence-corrected chi connectivity index (χ2v) is 9.97. The Kier molecular flexibility index (Phi) is 7.90. The van der Waals surface area contributed by atoms with Gasteiger partial charge >= 0.3 is 6.36 Å². The van der Waals surface area contributed by atoms with Crippen molar-refractivity contribution in [1.82, 2.24) is 14.9 Å². The lowest BCUT2D eigenvalue weighted by atomic mass is 10.2. The summed E-state index contributed by atoms with van der Waals surface area (Å²) in [5, 5.41) is 0. The molecule has 1 fully saturated rings. The molecule has 0 saturated carbocycles. The first kappa shape index (κ1) is 27.0. The van der Waals surface area contributed by atoms with Gasteiger partial charge in [-0.3, -0.25) is 9.52 Å². The molecule has 2 aromatic carbocycles. The molecule has 4 rings (SSSR count). The number of hydrogen-bond donors (Lipinski definition) is 1. The molecule has 3 aromatic rings. The van der Waals surface area contributed by atoms with Crippen molar-refractivity contribution in [2.45, 2.75) is 24.3 Å². The molecule has 10 nitrogen and oxygen atoms in total. The zero-order chi connectivity index (χ0) is 27.3. The predicted molar refractivity (Wildman–Crippen MR) is 131 cm³/mol. The number of rotatable bonds is 8. The van der Waals surface area contributed by atoms with E-state index >= 15 is 0 Å². The van der Waals surface area contributed by atoms with Crippen molar-refractivity contribution in [2.75, 3.05) is 35.8 Å². The lowest BCUT2D eigenvalue weighted by Crippen LogP contribution is -2.52. The maximum Gasteiger partial charge on any atom is 0.573 e. The van der Waals surface area contributed by atoms with Crippen LogP contribution in [-0.2, 0) is 14.8 Å². The average molecular weight is 552 g/mol. The van der Waals surface area contributed by atoms with E-state index in [1.165, 1.54) is 42.9 Å². The van der Waals surface area contributed by atoms with Crippen LogP contribution in [-0.4, -0.2) is 67.8 Å². The number of carbonyl (C=O) groups excluding carboxylic acids is 1. The Balaban J connectivity index is 1.29. The van der Waals surface area contributed by atoms with Gasteiger partial charge in [0.25, 0.3) is 15.9 Å². The minimum absolute atomic E-state index is 0.0812. The van der Waals surface area contributed by atoms with E-state index in [4.69, 9.17) is 4.74 Å². The fourth-order valence-corrected chi connectivity index (χ4v) is 4.81. The number of anilines is 2. The van der Waals surface area contributed by atoms with Crippen LogP contribution in [0.2, 0.25) is 0 Å². The Morgan fingerprint density at radius 3 is 2.18 bits per heavy atom. The number of ether oxygens (including phenoxy) is 2. The summed E-state index contributed by atoms with van der Waals surface area (Å²) in [5.74, 6) is -0.232. The largest absolute Gasteiger partial charge is 0.573 e. The smallest absolute Gasteiger partial charge is 0.481 e. The minimum Gasteiger partial charge on any atom is -0.481 e.